The third-order valence-corrected chi connectivity index (χ3v) is 7.19. The van der Waals surface area contributed by atoms with Crippen molar-refractivity contribution in [2.45, 2.75) is 38.3 Å². The molecule has 2 aliphatic heterocycles. The van der Waals surface area contributed by atoms with Crippen molar-refractivity contribution in [3.8, 4) is 5.06 Å². The summed E-state index contributed by atoms with van der Waals surface area (Å²) >= 11 is 4.62. The molecule has 1 atom stereocenters. The minimum atomic E-state index is -0.595. The van der Waals surface area contributed by atoms with E-state index in [9.17, 15) is 19.5 Å². The Morgan fingerprint density at radius 2 is 1.97 bits per heavy atom. The van der Waals surface area contributed by atoms with Gasteiger partial charge >= 0.3 is 6.09 Å². The molecule has 2 fully saturated rings. The lowest BCUT2D eigenvalue weighted by atomic mass is 10.0. The topological polar surface area (TPSA) is 99.2 Å². The van der Waals surface area contributed by atoms with E-state index >= 15 is 0 Å². The summed E-state index contributed by atoms with van der Waals surface area (Å²) in [7, 11) is 0. The Morgan fingerprint density at radius 1 is 1.22 bits per heavy atom. The Kier molecular flexibility index (Phi) is 6.82. The standard InChI is InChI=1S/C22H24BrN3O5S/c1-13-10-15(2-3-17(13)21(29)25-8-6-16(27)7-9-25)26-12-14(11-19(26)28)24-22(30)31-20-5-4-18(23)32-20/h2-5,10,14,16,27H,6-9,11-12H2,1H3,(H,24,30). The number of nitrogens with zero attached hydrogens (tertiary/aromatic N) is 2. The summed E-state index contributed by atoms with van der Waals surface area (Å²) in [5.41, 5.74) is 2.07. The number of carbonyl (C=O) groups is 3. The normalized spacial score (nSPS) is 19.3. The number of aliphatic hydroxyl groups is 1. The van der Waals surface area contributed by atoms with E-state index in [-0.39, 0.29) is 30.4 Å². The fraction of sp³-hybridized carbons (Fsp3) is 0.409. The van der Waals surface area contributed by atoms with Gasteiger partial charge in [0.1, 0.15) is 0 Å². The maximum atomic E-state index is 12.8. The highest BCUT2D eigenvalue weighted by Gasteiger charge is 2.33. The zero-order valence-corrected chi connectivity index (χ0v) is 19.9. The molecule has 0 saturated carbocycles. The minimum absolute atomic E-state index is 0.0591. The zero-order valence-electron chi connectivity index (χ0n) is 17.5. The van der Waals surface area contributed by atoms with Gasteiger partial charge < -0.3 is 25.0 Å². The van der Waals surface area contributed by atoms with E-state index in [2.05, 4.69) is 21.2 Å². The Hall–Kier alpha value is -2.43. The lowest BCUT2D eigenvalue weighted by Gasteiger charge is -2.30. The number of piperidine rings is 1. The van der Waals surface area contributed by atoms with Crippen LogP contribution in [-0.2, 0) is 4.79 Å². The fourth-order valence-corrected chi connectivity index (χ4v) is 5.18. The monoisotopic (exact) mass is 521 g/mol. The van der Waals surface area contributed by atoms with E-state index in [0.717, 1.165) is 9.35 Å². The molecule has 32 heavy (non-hydrogen) atoms. The van der Waals surface area contributed by atoms with Gasteiger partial charge in [-0.25, -0.2) is 4.79 Å². The number of thiophene rings is 1. The van der Waals surface area contributed by atoms with Crippen LogP contribution in [0.25, 0.3) is 0 Å². The minimum Gasteiger partial charge on any atom is -0.399 e. The molecule has 3 heterocycles. The van der Waals surface area contributed by atoms with Gasteiger partial charge in [-0.05, 0) is 71.6 Å². The quantitative estimate of drug-likeness (QED) is 0.642. The largest absolute Gasteiger partial charge is 0.413 e. The van der Waals surface area contributed by atoms with Crippen molar-refractivity contribution < 1.29 is 24.2 Å². The van der Waals surface area contributed by atoms with Gasteiger partial charge in [0.15, 0.2) is 5.06 Å². The molecule has 1 unspecified atom stereocenters. The Bertz CT molecular complexity index is 1030. The summed E-state index contributed by atoms with van der Waals surface area (Å²) in [6, 6.07) is 8.46. The molecule has 10 heteroatoms. The molecule has 3 amide bonds. The summed E-state index contributed by atoms with van der Waals surface area (Å²) < 4.78 is 6.11. The number of carbonyl (C=O) groups excluding carboxylic acids is 3. The van der Waals surface area contributed by atoms with E-state index in [0.29, 0.717) is 48.8 Å². The summed E-state index contributed by atoms with van der Waals surface area (Å²) in [6.07, 6.45) is 0.425. The van der Waals surface area contributed by atoms with Crippen molar-refractivity contribution in [2.75, 3.05) is 24.5 Å². The van der Waals surface area contributed by atoms with Crippen molar-refractivity contribution in [1.29, 1.82) is 0 Å². The number of anilines is 1. The molecular weight excluding hydrogens is 498 g/mol. The lowest BCUT2D eigenvalue weighted by molar-refractivity contribution is -0.117. The molecule has 0 aliphatic carbocycles. The molecule has 1 aromatic heterocycles. The SMILES string of the molecule is Cc1cc(N2CC(NC(=O)Oc3ccc(Br)s3)CC2=O)ccc1C(=O)N1CCC(O)CC1. The van der Waals surface area contributed by atoms with Gasteiger partial charge in [0, 0.05) is 37.3 Å². The molecule has 0 bridgehead atoms. The first-order valence-electron chi connectivity index (χ1n) is 10.4. The van der Waals surface area contributed by atoms with Crippen LogP contribution in [0.5, 0.6) is 5.06 Å². The number of amides is 3. The Morgan fingerprint density at radius 3 is 2.62 bits per heavy atom. The first kappa shape index (κ1) is 22.8. The number of likely N-dealkylation sites (tertiary alicyclic amines) is 1. The highest BCUT2D eigenvalue weighted by molar-refractivity contribution is 9.11. The molecule has 2 aromatic rings. The maximum Gasteiger partial charge on any atom is 0.413 e. The molecular formula is C22H24BrN3O5S. The summed E-state index contributed by atoms with van der Waals surface area (Å²) in [5.74, 6) is -0.158. The van der Waals surface area contributed by atoms with Crippen LogP contribution in [0.15, 0.2) is 34.1 Å². The molecule has 1 aromatic carbocycles. The van der Waals surface area contributed by atoms with E-state index in [1.165, 1.54) is 11.3 Å². The Balaban J connectivity index is 1.38. The second-order valence-electron chi connectivity index (χ2n) is 8.02. The lowest BCUT2D eigenvalue weighted by Crippen LogP contribution is -2.40. The highest BCUT2D eigenvalue weighted by atomic mass is 79.9. The molecule has 4 rings (SSSR count). The van der Waals surface area contributed by atoms with E-state index in [4.69, 9.17) is 4.74 Å². The molecule has 2 saturated heterocycles. The van der Waals surface area contributed by atoms with Gasteiger partial charge in [0.05, 0.1) is 15.9 Å². The third kappa shape index (κ3) is 5.13. The average molecular weight is 522 g/mol. The molecule has 8 nitrogen and oxygen atoms in total. The van der Waals surface area contributed by atoms with Crippen LogP contribution in [0.4, 0.5) is 10.5 Å². The molecule has 0 spiro atoms. The van der Waals surface area contributed by atoms with Gasteiger partial charge in [-0.1, -0.05) is 11.3 Å². The smallest absolute Gasteiger partial charge is 0.399 e. The maximum absolute atomic E-state index is 12.8. The van der Waals surface area contributed by atoms with Crippen molar-refractivity contribution in [3.63, 3.8) is 0 Å². The fourth-order valence-electron chi connectivity index (χ4n) is 3.99. The molecule has 2 aliphatic rings. The number of hydrogen-bond acceptors (Lipinski definition) is 6. The van der Waals surface area contributed by atoms with Crippen LogP contribution in [0.2, 0.25) is 0 Å². The van der Waals surface area contributed by atoms with Gasteiger partial charge in [-0.2, -0.15) is 0 Å². The second-order valence-corrected chi connectivity index (χ2v) is 10.4. The van der Waals surface area contributed by atoms with E-state index < -0.39 is 6.09 Å². The first-order chi connectivity index (χ1) is 15.3. The van der Waals surface area contributed by atoms with E-state index in [1.54, 1.807) is 34.1 Å². The first-order valence-corrected chi connectivity index (χ1v) is 12.0. The number of hydrogen-bond donors (Lipinski definition) is 2. The summed E-state index contributed by atoms with van der Waals surface area (Å²) in [4.78, 5) is 40.9. The van der Waals surface area contributed by atoms with Crippen LogP contribution < -0.4 is 15.0 Å². The van der Waals surface area contributed by atoms with Gasteiger partial charge in [-0.3, -0.25) is 9.59 Å². The number of rotatable bonds is 4. The number of halogens is 1. The van der Waals surface area contributed by atoms with Crippen molar-refractivity contribution in [2.24, 2.45) is 0 Å². The number of aliphatic hydroxyl groups excluding tert-OH is 1. The van der Waals surface area contributed by atoms with Gasteiger partial charge in [0.2, 0.25) is 5.91 Å². The predicted octanol–water partition coefficient (Wildman–Crippen LogP) is 3.31. The van der Waals surface area contributed by atoms with Crippen LogP contribution in [-0.4, -0.2) is 59.7 Å². The van der Waals surface area contributed by atoms with Crippen LogP contribution >= 0.6 is 27.3 Å². The van der Waals surface area contributed by atoms with Crippen molar-refractivity contribution in [1.82, 2.24) is 10.2 Å². The van der Waals surface area contributed by atoms with Gasteiger partial charge in [0.25, 0.3) is 5.91 Å². The van der Waals surface area contributed by atoms with Crippen molar-refractivity contribution in [3.05, 3.63) is 45.2 Å². The molecule has 2 N–H and O–H groups in total. The van der Waals surface area contributed by atoms with Crippen molar-refractivity contribution >= 4 is 50.9 Å². The summed E-state index contributed by atoms with van der Waals surface area (Å²) in [5, 5.41) is 12.9. The third-order valence-electron chi connectivity index (χ3n) is 5.69. The van der Waals surface area contributed by atoms with Crippen LogP contribution in [0.3, 0.4) is 0 Å². The second kappa shape index (κ2) is 9.60. The number of nitrogens with one attached hydrogen (secondary N) is 1. The average Bonchev–Trinajstić information content (AvgIpc) is 3.32. The van der Waals surface area contributed by atoms with Crippen LogP contribution in [0, 0.1) is 6.92 Å². The number of aryl methyl sites for hydroxylation is 1. The predicted molar refractivity (Wildman–Crippen MR) is 124 cm³/mol. The zero-order chi connectivity index (χ0) is 22.8. The highest BCUT2D eigenvalue weighted by Crippen LogP contribution is 2.29. The summed E-state index contributed by atoms with van der Waals surface area (Å²) in [6.45, 7) is 3.26. The molecule has 170 valence electrons. The van der Waals surface area contributed by atoms with E-state index in [1.807, 2.05) is 13.0 Å². The number of ether oxygens (including phenoxy) is 1. The van der Waals surface area contributed by atoms with Crippen LogP contribution in [0.1, 0.15) is 35.2 Å². The molecule has 0 radical (unpaired) electrons. The van der Waals surface area contributed by atoms with Gasteiger partial charge in [-0.15, -0.1) is 0 Å². The Labute approximate surface area is 198 Å². The number of benzene rings is 1.